The lowest BCUT2D eigenvalue weighted by Gasteiger charge is -2.15. The highest BCUT2D eigenvalue weighted by Crippen LogP contribution is 2.25. The lowest BCUT2D eigenvalue weighted by Crippen LogP contribution is -2.47. The van der Waals surface area contributed by atoms with E-state index in [1.165, 1.54) is 0 Å². The van der Waals surface area contributed by atoms with Crippen molar-refractivity contribution in [3.05, 3.63) is 28.2 Å². The third-order valence-electron chi connectivity index (χ3n) is 3.15. The SMILES string of the molecule is COc1ccc(CNC(=O)CNC(=O)[C@@H](N)C(C)C)cc1Br. The zero-order valence-electron chi connectivity index (χ0n) is 13.0. The summed E-state index contributed by atoms with van der Waals surface area (Å²) in [6.45, 7) is 3.99. The molecule has 0 aliphatic heterocycles. The van der Waals surface area contributed by atoms with Gasteiger partial charge >= 0.3 is 0 Å². The Bertz CT molecular complexity index is 535. The van der Waals surface area contributed by atoms with Crippen molar-refractivity contribution in [2.75, 3.05) is 13.7 Å². The Hall–Kier alpha value is -1.60. The standard InChI is InChI=1S/C15H22BrN3O3/c1-9(2)14(17)15(21)19-8-13(20)18-7-10-4-5-12(22-3)11(16)6-10/h4-6,9,14H,7-8,17H2,1-3H3,(H,18,20)(H,19,21)/t14-/m0/s1. The first-order chi connectivity index (χ1) is 10.3. The molecule has 1 atom stereocenters. The van der Waals surface area contributed by atoms with Crippen LogP contribution in [-0.4, -0.2) is 31.5 Å². The van der Waals surface area contributed by atoms with Crippen LogP contribution in [0.15, 0.2) is 22.7 Å². The molecule has 0 bridgehead atoms. The molecular weight excluding hydrogens is 350 g/mol. The number of rotatable bonds is 7. The maximum Gasteiger partial charge on any atom is 0.239 e. The van der Waals surface area contributed by atoms with Gasteiger partial charge in [0.25, 0.3) is 0 Å². The van der Waals surface area contributed by atoms with E-state index in [9.17, 15) is 9.59 Å². The molecule has 0 unspecified atom stereocenters. The molecule has 1 aromatic carbocycles. The van der Waals surface area contributed by atoms with Crippen LogP contribution in [0.4, 0.5) is 0 Å². The van der Waals surface area contributed by atoms with Crippen molar-refractivity contribution in [3.8, 4) is 5.75 Å². The quantitative estimate of drug-likeness (QED) is 0.670. The van der Waals surface area contributed by atoms with Gasteiger partial charge < -0.3 is 21.1 Å². The Balaban J connectivity index is 2.40. The number of carbonyl (C=O) groups excluding carboxylic acids is 2. The summed E-state index contributed by atoms with van der Waals surface area (Å²) in [7, 11) is 1.59. The van der Waals surface area contributed by atoms with Gasteiger partial charge in [0.1, 0.15) is 5.75 Å². The Morgan fingerprint density at radius 3 is 2.55 bits per heavy atom. The van der Waals surface area contributed by atoms with Crippen LogP contribution < -0.4 is 21.1 Å². The largest absolute Gasteiger partial charge is 0.496 e. The minimum atomic E-state index is -0.606. The van der Waals surface area contributed by atoms with Gasteiger partial charge in [-0.15, -0.1) is 0 Å². The van der Waals surface area contributed by atoms with Crippen molar-refractivity contribution in [1.29, 1.82) is 0 Å². The first-order valence-corrected chi connectivity index (χ1v) is 7.76. The fourth-order valence-electron chi connectivity index (χ4n) is 1.67. The minimum Gasteiger partial charge on any atom is -0.496 e. The number of benzene rings is 1. The molecule has 0 aromatic heterocycles. The Labute approximate surface area is 138 Å². The van der Waals surface area contributed by atoms with Crippen molar-refractivity contribution in [1.82, 2.24) is 10.6 Å². The van der Waals surface area contributed by atoms with E-state index in [1.807, 2.05) is 32.0 Å². The van der Waals surface area contributed by atoms with E-state index in [-0.39, 0.29) is 24.3 Å². The zero-order valence-corrected chi connectivity index (χ0v) is 14.6. The molecule has 1 rings (SSSR count). The van der Waals surface area contributed by atoms with E-state index >= 15 is 0 Å². The molecule has 0 saturated heterocycles. The van der Waals surface area contributed by atoms with Gasteiger partial charge in [-0.05, 0) is 39.5 Å². The predicted octanol–water partition coefficient (Wildman–Crippen LogP) is 1.17. The predicted molar refractivity (Wildman–Crippen MR) is 88.4 cm³/mol. The van der Waals surface area contributed by atoms with E-state index in [0.29, 0.717) is 6.54 Å². The number of amides is 2. The van der Waals surface area contributed by atoms with Gasteiger partial charge in [-0.1, -0.05) is 19.9 Å². The second kappa shape index (κ2) is 8.75. The third-order valence-corrected chi connectivity index (χ3v) is 3.77. The van der Waals surface area contributed by atoms with Crippen molar-refractivity contribution < 1.29 is 14.3 Å². The highest BCUT2D eigenvalue weighted by Gasteiger charge is 2.17. The fourth-order valence-corrected chi connectivity index (χ4v) is 2.26. The zero-order chi connectivity index (χ0) is 16.7. The minimum absolute atomic E-state index is 0.0275. The number of hydrogen-bond donors (Lipinski definition) is 3. The normalized spacial score (nSPS) is 11.9. The highest BCUT2D eigenvalue weighted by atomic mass is 79.9. The highest BCUT2D eigenvalue weighted by molar-refractivity contribution is 9.10. The number of hydrogen-bond acceptors (Lipinski definition) is 4. The lowest BCUT2D eigenvalue weighted by atomic mass is 10.1. The first kappa shape index (κ1) is 18.4. The van der Waals surface area contributed by atoms with E-state index in [1.54, 1.807) is 7.11 Å². The van der Waals surface area contributed by atoms with Crippen LogP contribution in [0.1, 0.15) is 19.4 Å². The van der Waals surface area contributed by atoms with Gasteiger partial charge in [0.15, 0.2) is 0 Å². The fraction of sp³-hybridized carbons (Fsp3) is 0.467. The van der Waals surface area contributed by atoms with Crippen molar-refractivity contribution in [2.45, 2.75) is 26.4 Å². The van der Waals surface area contributed by atoms with Crippen molar-refractivity contribution in [2.24, 2.45) is 11.7 Å². The van der Waals surface area contributed by atoms with Gasteiger partial charge in [0.2, 0.25) is 11.8 Å². The van der Waals surface area contributed by atoms with Crippen molar-refractivity contribution in [3.63, 3.8) is 0 Å². The molecule has 0 heterocycles. The van der Waals surface area contributed by atoms with E-state index < -0.39 is 6.04 Å². The molecule has 1 aromatic rings. The molecular formula is C15H22BrN3O3. The molecule has 122 valence electrons. The van der Waals surface area contributed by atoms with Gasteiger partial charge in [-0.2, -0.15) is 0 Å². The second-order valence-corrected chi connectivity index (χ2v) is 6.09. The van der Waals surface area contributed by atoms with Crippen LogP contribution >= 0.6 is 15.9 Å². The molecule has 7 heteroatoms. The van der Waals surface area contributed by atoms with Crippen LogP contribution in [-0.2, 0) is 16.1 Å². The monoisotopic (exact) mass is 371 g/mol. The molecule has 22 heavy (non-hydrogen) atoms. The second-order valence-electron chi connectivity index (χ2n) is 5.23. The van der Waals surface area contributed by atoms with Crippen molar-refractivity contribution >= 4 is 27.7 Å². The average molecular weight is 372 g/mol. The Kier molecular flexibility index (Phi) is 7.34. The molecule has 0 spiro atoms. The number of nitrogens with two attached hydrogens (primary N) is 1. The maximum absolute atomic E-state index is 11.7. The molecule has 0 fully saturated rings. The number of nitrogens with one attached hydrogen (secondary N) is 2. The molecule has 0 radical (unpaired) electrons. The summed E-state index contributed by atoms with van der Waals surface area (Å²) in [6, 6.07) is 4.93. The third kappa shape index (κ3) is 5.65. The summed E-state index contributed by atoms with van der Waals surface area (Å²) in [5.74, 6) is 0.165. The van der Waals surface area contributed by atoms with Crippen LogP contribution in [0.25, 0.3) is 0 Å². The summed E-state index contributed by atoms with van der Waals surface area (Å²) in [4.78, 5) is 23.4. The topological polar surface area (TPSA) is 93.5 Å². The van der Waals surface area contributed by atoms with Gasteiger partial charge in [-0.3, -0.25) is 9.59 Å². The molecule has 0 aliphatic carbocycles. The molecule has 0 saturated carbocycles. The Morgan fingerprint density at radius 2 is 2.00 bits per heavy atom. The summed E-state index contributed by atoms with van der Waals surface area (Å²) in [5, 5.41) is 5.26. The first-order valence-electron chi connectivity index (χ1n) is 6.97. The van der Waals surface area contributed by atoms with Gasteiger partial charge in [0, 0.05) is 6.54 Å². The number of halogens is 1. The summed E-state index contributed by atoms with van der Waals surface area (Å²) in [6.07, 6.45) is 0. The summed E-state index contributed by atoms with van der Waals surface area (Å²) < 4.78 is 5.96. The van der Waals surface area contributed by atoms with Crippen LogP contribution in [0.3, 0.4) is 0 Å². The number of methoxy groups -OCH3 is 1. The van der Waals surface area contributed by atoms with Crippen LogP contribution in [0, 0.1) is 5.92 Å². The molecule has 0 aliphatic rings. The van der Waals surface area contributed by atoms with E-state index in [2.05, 4.69) is 26.6 Å². The molecule has 4 N–H and O–H groups in total. The summed E-state index contributed by atoms with van der Waals surface area (Å²) in [5.41, 5.74) is 6.62. The molecule has 6 nitrogen and oxygen atoms in total. The van der Waals surface area contributed by atoms with E-state index in [4.69, 9.17) is 10.5 Å². The number of carbonyl (C=O) groups is 2. The lowest BCUT2D eigenvalue weighted by molar-refractivity contribution is -0.127. The van der Waals surface area contributed by atoms with Gasteiger partial charge in [-0.25, -0.2) is 0 Å². The smallest absolute Gasteiger partial charge is 0.239 e. The van der Waals surface area contributed by atoms with Gasteiger partial charge in [0.05, 0.1) is 24.2 Å². The van der Waals surface area contributed by atoms with E-state index in [0.717, 1.165) is 15.8 Å². The molecule has 2 amide bonds. The van der Waals surface area contributed by atoms with Crippen LogP contribution in [0.5, 0.6) is 5.75 Å². The Morgan fingerprint density at radius 1 is 1.32 bits per heavy atom. The maximum atomic E-state index is 11.7. The van der Waals surface area contributed by atoms with Crippen LogP contribution in [0.2, 0.25) is 0 Å². The average Bonchev–Trinajstić information content (AvgIpc) is 2.49. The summed E-state index contributed by atoms with van der Waals surface area (Å²) >= 11 is 3.38. The number of ether oxygens (including phenoxy) is 1.